The molecule has 0 aliphatic heterocycles. The fourth-order valence-corrected chi connectivity index (χ4v) is 1.62. The van der Waals surface area contributed by atoms with Gasteiger partial charge < -0.3 is 4.74 Å². The van der Waals surface area contributed by atoms with Gasteiger partial charge in [0.25, 0.3) is 0 Å². The van der Waals surface area contributed by atoms with Gasteiger partial charge in [0, 0.05) is 0 Å². The second-order valence-electron chi connectivity index (χ2n) is 3.97. The molecule has 0 aliphatic carbocycles. The normalized spacial score (nSPS) is 9.95. The van der Waals surface area contributed by atoms with Crippen LogP contribution in [-0.2, 0) is 13.0 Å². The molecule has 0 aliphatic rings. The molecule has 2 aromatic carbocycles. The van der Waals surface area contributed by atoms with Gasteiger partial charge in [-0.05, 0) is 29.8 Å². The summed E-state index contributed by atoms with van der Waals surface area (Å²) in [5, 5.41) is 8.54. The third-order valence-electron chi connectivity index (χ3n) is 2.65. The third-order valence-corrected chi connectivity index (χ3v) is 2.65. The molecular formula is C15H11F2NO. The SMILES string of the molecule is N#CCc1ccc(OCc2c(F)cccc2F)cc1. The summed E-state index contributed by atoms with van der Waals surface area (Å²) in [6.07, 6.45) is 0.322. The van der Waals surface area contributed by atoms with E-state index in [1.165, 1.54) is 18.2 Å². The molecule has 0 heterocycles. The van der Waals surface area contributed by atoms with E-state index in [1.807, 2.05) is 6.07 Å². The van der Waals surface area contributed by atoms with E-state index < -0.39 is 11.6 Å². The number of benzene rings is 2. The quantitative estimate of drug-likeness (QED) is 0.840. The molecule has 96 valence electrons. The van der Waals surface area contributed by atoms with Crippen molar-refractivity contribution in [1.82, 2.24) is 0 Å². The second-order valence-corrected chi connectivity index (χ2v) is 3.97. The van der Waals surface area contributed by atoms with Crippen molar-refractivity contribution in [2.24, 2.45) is 0 Å². The predicted molar refractivity (Wildman–Crippen MR) is 66.4 cm³/mol. The molecule has 2 nitrogen and oxygen atoms in total. The molecule has 0 N–H and O–H groups in total. The van der Waals surface area contributed by atoms with Crippen LogP contribution in [0.25, 0.3) is 0 Å². The van der Waals surface area contributed by atoms with Crippen molar-refractivity contribution < 1.29 is 13.5 Å². The number of hydrogen-bond acceptors (Lipinski definition) is 2. The van der Waals surface area contributed by atoms with Gasteiger partial charge in [-0.25, -0.2) is 8.78 Å². The van der Waals surface area contributed by atoms with E-state index in [0.717, 1.165) is 5.56 Å². The van der Waals surface area contributed by atoms with E-state index >= 15 is 0 Å². The monoisotopic (exact) mass is 259 g/mol. The fraction of sp³-hybridized carbons (Fsp3) is 0.133. The molecular weight excluding hydrogens is 248 g/mol. The molecule has 0 bridgehead atoms. The average Bonchev–Trinajstić information content (AvgIpc) is 2.40. The second kappa shape index (κ2) is 5.96. The summed E-state index contributed by atoms with van der Waals surface area (Å²) in [6.45, 7) is -0.171. The lowest BCUT2D eigenvalue weighted by atomic mass is 10.1. The van der Waals surface area contributed by atoms with Crippen LogP contribution in [0.1, 0.15) is 11.1 Å². The molecule has 0 saturated carbocycles. The van der Waals surface area contributed by atoms with Crippen LogP contribution in [0.2, 0.25) is 0 Å². The molecule has 0 unspecified atom stereocenters. The minimum atomic E-state index is -0.624. The Kier molecular flexibility index (Phi) is 4.09. The van der Waals surface area contributed by atoms with E-state index in [9.17, 15) is 8.78 Å². The molecule has 0 atom stereocenters. The number of rotatable bonds is 4. The highest BCUT2D eigenvalue weighted by atomic mass is 19.1. The van der Waals surface area contributed by atoms with Crippen LogP contribution < -0.4 is 4.74 Å². The lowest BCUT2D eigenvalue weighted by molar-refractivity contribution is 0.292. The lowest BCUT2D eigenvalue weighted by Gasteiger charge is -2.08. The predicted octanol–water partition coefficient (Wildman–Crippen LogP) is 3.61. The number of halogens is 2. The van der Waals surface area contributed by atoms with Crippen LogP contribution in [-0.4, -0.2) is 0 Å². The molecule has 0 spiro atoms. The van der Waals surface area contributed by atoms with Gasteiger partial charge >= 0.3 is 0 Å². The van der Waals surface area contributed by atoms with Crippen molar-refractivity contribution >= 4 is 0 Å². The van der Waals surface area contributed by atoms with Gasteiger partial charge in [0.05, 0.1) is 18.1 Å². The maximum Gasteiger partial charge on any atom is 0.132 e. The van der Waals surface area contributed by atoms with Crippen molar-refractivity contribution in [2.45, 2.75) is 13.0 Å². The van der Waals surface area contributed by atoms with Crippen molar-refractivity contribution in [3.8, 4) is 11.8 Å². The zero-order valence-electron chi connectivity index (χ0n) is 10.1. The molecule has 2 rings (SSSR count). The number of hydrogen-bond donors (Lipinski definition) is 0. The summed E-state index contributed by atoms with van der Waals surface area (Å²) >= 11 is 0. The van der Waals surface area contributed by atoms with Crippen LogP contribution in [0.3, 0.4) is 0 Å². The van der Waals surface area contributed by atoms with Crippen molar-refractivity contribution in [3.05, 3.63) is 65.2 Å². The van der Waals surface area contributed by atoms with Crippen molar-refractivity contribution in [1.29, 1.82) is 5.26 Å². The minimum Gasteiger partial charge on any atom is -0.489 e. The minimum absolute atomic E-state index is 0.0939. The van der Waals surface area contributed by atoms with Gasteiger partial charge in [0.15, 0.2) is 0 Å². The van der Waals surface area contributed by atoms with Crippen molar-refractivity contribution in [2.75, 3.05) is 0 Å². The Morgan fingerprint density at radius 2 is 1.63 bits per heavy atom. The molecule has 0 amide bonds. The Bertz CT molecular complexity index is 582. The van der Waals surface area contributed by atoms with Gasteiger partial charge in [-0.3, -0.25) is 0 Å². The Morgan fingerprint density at radius 1 is 1.00 bits per heavy atom. The van der Waals surface area contributed by atoms with Crippen LogP contribution >= 0.6 is 0 Å². The molecule has 2 aromatic rings. The highest BCUT2D eigenvalue weighted by Crippen LogP contribution is 2.17. The van der Waals surface area contributed by atoms with Gasteiger partial charge in [-0.1, -0.05) is 18.2 Å². The first-order valence-corrected chi connectivity index (χ1v) is 5.72. The van der Waals surface area contributed by atoms with E-state index in [4.69, 9.17) is 10.00 Å². The van der Waals surface area contributed by atoms with Gasteiger partial charge in [0.2, 0.25) is 0 Å². The fourth-order valence-electron chi connectivity index (χ4n) is 1.62. The van der Waals surface area contributed by atoms with E-state index in [0.29, 0.717) is 12.2 Å². The Balaban J connectivity index is 2.04. The Morgan fingerprint density at radius 3 is 2.21 bits per heavy atom. The summed E-state index contributed by atoms with van der Waals surface area (Å²) in [4.78, 5) is 0. The standard InChI is InChI=1S/C15H11F2NO/c16-14-2-1-3-15(17)13(14)10-19-12-6-4-11(5-7-12)8-9-18/h1-7H,8,10H2. The molecule has 19 heavy (non-hydrogen) atoms. The summed E-state index contributed by atoms with van der Waals surface area (Å²) in [5.74, 6) is -0.744. The van der Waals surface area contributed by atoms with Gasteiger partial charge in [0.1, 0.15) is 24.0 Å². The summed E-state index contributed by atoms with van der Waals surface area (Å²) in [7, 11) is 0. The Hall–Kier alpha value is -2.41. The van der Waals surface area contributed by atoms with Crippen LogP contribution in [0.5, 0.6) is 5.75 Å². The largest absolute Gasteiger partial charge is 0.489 e. The van der Waals surface area contributed by atoms with E-state index in [-0.39, 0.29) is 12.2 Å². The van der Waals surface area contributed by atoms with Crippen LogP contribution in [0.15, 0.2) is 42.5 Å². The van der Waals surface area contributed by atoms with Crippen LogP contribution in [0.4, 0.5) is 8.78 Å². The van der Waals surface area contributed by atoms with Gasteiger partial charge in [-0.2, -0.15) is 5.26 Å². The summed E-state index contributed by atoms with van der Waals surface area (Å²) < 4.78 is 32.0. The van der Waals surface area contributed by atoms with Crippen molar-refractivity contribution in [3.63, 3.8) is 0 Å². The molecule has 0 saturated heterocycles. The number of nitrogens with zero attached hydrogens (tertiary/aromatic N) is 1. The molecule has 0 radical (unpaired) electrons. The van der Waals surface area contributed by atoms with Crippen LogP contribution in [0, 0.1) is 23.0 Å². The molecule has 0 aromatic heterocycles. The zero-order valence-corrected chi connectivity index (χ0v) is 10.1. The first kappa shape index (κ1) is 13.0. The molecule has 4 heteroatoms. The smallest absolute Gasteiger partial charge is 0.132 e. The molecule has 0 fully saturated rings. The van der Waals surface area contributed by atoms with E-state index in [1.54, 1.807) is 24.3 Å². The average molecular weight is 259 g/mol. The summed E-state index contributed by atoms with van der Waals surface area (Å²) in [6, 6.07) is 12.6. The summed E-state index contributed by atoms with van der Waals surface area (Å²) in [5.41, 5.74) is 0.774. The maximum atomic E-state index is 13.4. The zero-order chi connectivity index (χ0) is 13.7. The maximum absolute atomic E-state index is 13.4. The highest BCUT2D eigenvalue weighted by Gasteiger charge is 2.08. The van der Waals surface area contributed by atoms with Gasteiger partial charge in [-0.15, -0.1) is 0 Å². The number of nitriles is 1. The first-order valence-electron chi connectivity index (χ1n) is 5.72. The first-order chi connectivity index (χ1) is 9.20. The van der Waals surface area contributed by atoms with E-state index in [2.05, 4.69) is 0 Å². The highest BCUT2D eigenvalue weighted by molar-refractivity contribution is 5.29. The Labute approximate surface area is 109 Å². The topological polar surface area (TPSA) is 33.0 Å². The number of ether oxygens (including phenoxy) is 1. The third kappa shape index (κ3) is 3.29. The lowest BCUT2D eigenvalue weighted by Crippen LogP contribution is -2.01.